The van der Waals surface area contributed by atoms with Crippen molar-refractivity contribution in [2.45, 2.75) is 88.1 Å². The van der Waals surface area contributed by atoms with E-state index in [0.717, 1.165) is 36.1 Å². The van der Waals surface area contributed by atoms with E-state index in [0.29, 0.717) is 12.2 Å². The maximum atomic E-state index is 13.6. The highest BCUT2D eigenvalue weighted by Crippen LogP contribution is 2.30. The Morgan fingerprint density at radius 1 is 0.879 bits per heavy atom. The summed E-state index contributed by atoms with van der Waals surface area (Å²) in [4.78, 5) is 1.16. The molecule has 1 saturated carbocycles. The Bertz CT molecular complexity index is 1060. The first-order valence-electron chi connectivity index (χ1n) is 12.3. The molecule has 0 aliphatic heterocycles. The summed E-state index contributed by atoms with van der Waals surface area (Å²) in [6, 6.07) is 13.9. The zero-order chi connectivity index (χ0) is 22.9. The van der Waals surface area contributed by atoms with Crippen LogP contribution >= 0.6 is 11.3 Å². The summed E-state index contributed by atoms with van der Waals surface area (Å²) < 4.78 is 32.0. The number of sulfonamides is 1. The van der Waals surface area contributed by atoms with Crippen LogP contribution in [0.15, 0.2) is 58.9 Å². The summed E-state index contributed by atoms with van der Waals surface area (Å²) in [6.45, 7) is 0.540. The van der Waals surface area contributed by atoms with Gasteiger partial charge in [0, 0.05) is 12.2 Å². The molecule has 0 atom stereocenters. The van der Waals surface area contributed by atoms with Crippen LogP contribution in [0.3, 0.4) is 0 Å². The van der Waals surface area contributed by atoms with Gasteiger partial charge < -0.3 is 0 Å². The second-order valence-corrected chi connectivity index (χ2v) is 11.7. The summed E-state index contributed by atoms with van der Waals surface area (Å²) >= 11 is 1.52. The highest BCUT2D eigenvalue weighted by molar-refractivity contribution is 7.89. The smallest absolute Gasteiger partial charge is 0.244 e. The van der Waals surface area contributed by atoms with Gasteiger partial charge in [-0.2, -0.15) is 5.10 Å². The lowest BCUT2D eigenvalue weighted by Gasteiger charge is -2.19. The van der Waals surface area contributed by atoms with E-state index in [1.54, 1.807) is 10.9 Å². The molecule has 1 fully saturated rings. The number of hydrogen-bond acceptors (Lipinski definition) is 4. The number of hydrogen-bond donors (Lipinski definition) is 1. The number of benzene rings is 1. The van der Waals surface area contributed by atoms with Gasteiger partial charge >= 0.3 is 0 Å². The molecule has 2 heterocycles. The predicted octanol–water partition coefficient (Wildman–Crippen LogP) is 6.61. The fourth-order valence-electron chi connectivity index (χ4n) is 4.60. The van der Waals surface area contributed by atoms with Crippen molar-refractivity contribution in [3.05, 3.63) is 59.6 Å². The standard InChI is InChI=1S/C26H35N3O2S2/c30-33(31,28-23-16-11-6-4-2-1-3-5-7-12-17-23)25-21-29(20-22-14-9-8-10-15-22)27-26(25)24-18-13-19-32-24/h8-10,13-15,18-19,21,23,28H,1-7,11-12,16-17,20H2. The van der Waals surface area contributed by atoms with E-state index < -0.39 is 10.0 Å². The molecule has 0 bridgehead atoms. The van der Waals surface area contributed by atoms with Crippen molar-refractivity contribution >= 4 is 21.4 Å². The van der Waals surface area contributed by atoms with Crippen molar-refractivity contribution in [2.24, 2.45) is 0 Å². The quantitative estimate of drug-likeness (QED) is 0.427. The average molecular weight is 486 g/mol. The minimum atomic E-state index is -3.68. The molecule has 1 aliphatic carbocycles. The molecule has 0 unspecified atom stereocenters. The monoisotopic (exact) mass is 485 g/mol. The highest BCUT2D eigenvalue weighted by Gasteiger charge is 2.27. The lowest BCUT2D eigenvalue weighted by atomic mass is 9.98. The number of nitrogens with one attached hydrogen (secondary N) is 1. The summed E-state index contributed by atoms with van der Waals surface area (Å²) in [5.74, 6) is 0. The first-order chi connectivity index (χ1) is 16.1. The molecule has 0 saturated heterocycles. The van der Waals surface area contributed by atoms with Gasteiger partial charge in [-0.3, -0.25) is 4.68 Å². The van der Waals surface area contributed by atoms with Gasteiger partial charge in [-0.1, -0.05) is 94.2 Å². The third-order valence-electron chi connectivity index (χ3n) is 6.39. The zero-order valence-electron chi connectivity index (χ0n) is 19.3. The Morgan fingerprint density at radius 3 is 2.12 bits per heavy atom. The van der Waals surface area contributed by atoms with Gasteiger partial charge in [0.25, 0.3) is 0 Å². The minimum Gasteiger partial charge on any atom is -0.266 e. The van der Waals surface area contributed by atoms with Crippen LogP contribution in [-0.4, -0.2) is 24.2 Å². The number of thiophene rings is 1. The normalized spacial score (nSPS) is 17.3. The van der Waals surface area contributed by atoms with Crippen LogP contribution in [0.2, 0.25) is 0 Å². The third-order valence-corrected chi connectivity index (χ3v) is 8.78. The van der Waals surface area contributed by atoms with E-state index in [1.807, 2.05) is 47.8 Å². The summed E-state index contributed by atoms with van der Waals surface area (Å²) in [6.07, 6.45) is 14.5. The van der Waals surface area contributed by atoms with Gasteiger partial charge in [0.1, 0.15) is 10.6 Å². The minimum absolute atomic E-state index is 0.0110. The molecular formula is C26H35N3O2S2. The van der Waals surface area contributed by atoms with E-state index in [4.69, 9.17) is 5.10 Å². The maximum Gasteiger partial charge on any atom is 0.244 e. The fourth-order valence-corrected chi connectivity index (χ4v) is 6.85. The summed E-state index contributed by atoms with van der Waals surface area (Å²) in [7, 11) is -3.68. The van der Waals surface area contributed by atoms with Gasteiger partial charge in [-0.25, -0.2) is 13.1 Å². The van der Waals surface area contributed by atoms with Gasteiger partial charge in [0.15, 0.2) is 0 Å². The van der Waals surface area contributed by atoms with Crippen LogP contribution in [0.4, 0.5) is 0 Å². The highest BCUT2D eigenvalue weighted by atomic mass is 32.2. The van der Waals surface area contributed by atoms with Crippen molar-refractivity contribution < 1.29 is 8.42 Å². The number of aromatic nitrogens is 2. The van der Waals surface area contributed by atoms with Crippen molar-refractivity contribution in [1.29, 1.82) is 0 Å². The van der Waals surface area contributed by atoms with Gasteiger partial charge in [-0.15, -0.1) is 11.3 Å². The van der Waals surface area contributed by atoms with Crippen molar-refractivity contribution in [3.63, 3.8) is 0 Å². The molecule has 5 nitrogen and oxygen atoms in total. The Kier molecular flexibility index (Phi) is 8.75. The molecular weight excluding hydrogens is 450 g/mol. The maximum absolute atomic E-state index is 13.6. The topological polar surface area (TPSA) is 64.0 Å². The van der Waals surface area contributed by atoms with Gasteiger partial charge in [0.2, 0.25) is 10.0 Å². The van der Waals surface area contributed by atoms with E-state index in [2.05, 4.69) is 4.72 Å². The first kappa shape index (κ1) is 24.2. The Balaban J connectivity index is 1.55. The van der Waals surface area contributed by atoms with E-state index in [1.165, 1.54) is 56.3 Å². The second kappa shape index (κ2) is 12.0. The molecule has 1 N–H and O–H groups in total. The molecule has 0 amide bonds. The van der Waals surface area contributed by atoms with E-state index in [9.17, 15) is 8.42 Å². The summed E-state index contributed by atoms with van der Waals surface area (Å²) in [5.41, 5.74) is 1.63. The first-order valence-corrected chi connectivity index (χ1v) is 14.7. The Labute approximate surface area is 202 Å². The van der Waals surface area contributed by atoms with Crippen molar-refractivity contribution in [1.82, 2.24) is 14.5 Å². The van der Waals surface area contributed by atoms with Crippen LogP contribution in [-0.2, 0) is 16.6 Å². The molecule has 33 heavy (non-hydrogen) atoms. The van der Waals surface area contributed by atoms with Crippen molar-refractivity contribution in [3.8, 4) is 10.6 Å². The lowest BCUT2D eigenvalue weighted by molar-refractivity contribution is 0.440. The van der Waals surface area contributed by atoms with Crippen molar-refractivity contribution in [2.75, 3.05) is 0 Å². The lowest BCUT2D eigenvalue weighted by Crippen LogP contribution is -2.35. The second-order valence-electron chi connectivity index (χ2n) is 9.08. The van der Waals surface area contributed by atoms with Crippen LogP contribution in [0.1, 0.15) is 76.2 Å². The van der Waals surface area contributed by atoms with E-state index in [-0.39, 0.29) is 10.9 Å². The molecule has 0 spiro atoms. The van der Waals surface area contributed by atoms with E-state index >= 15 is 0 Å². The van der Waals surface area contributed by atoms with Crippen LogP contribution in [0.25, 0.3) is 10.6 Å². The fraction of sp³-hybridized carbons (Fsp3) is 0.500. The van der Waals surface area contributed by atoms with Crippen LogP contribution in [0.5, 0.6) is 0 Å². The van der Waals surface area contributed by atoms with Crippen LogP contribution in [0, 0.1) is 0 Å². The average Bonchev–Trinajstić information content (AvgIpc) is 3.47. The molecule has 7 heteroatoms. The number of rotatable bonds is 6. The van der Waals surface area contributed by atoms with Crippen LogP contribution < -0.4 is 4.72 Å². The molecule has 1 aromatic carbocycles. The molecule has 1 aliphatic rings. The predicted molar refractivity (Wildman–Crippen MR) is 136 cm³/mol. The third kappa shape index (κ3) is 7.01. The Hall–Kier alpha value is -1.96. The molecule has 178 valence electrons. The summed E-state index contributed by atoms with van der Waals surface area (Å²) in [5, 5.41) is 6.66. The Morgan fingerprint density at radius 2 is 1.52 bits per heavy atom. The molecule has 4 rings (SSSR count). The van der Waals surface area contributed by atoms with Gasteiger partial charge in [-0.05, 0) is 29.9 Å². The largest absolute Gasteiger partial charge is 0.266 e. The molecule has 2 aromatic heterocycles. The number of nitrogens with zero attached hydrogens (tertiary/aromatic N) is 2. The molecule has 0 radical (unpaired) electrons. The molecule has 3 aromatic rings. The van der Waals surface area contributed by atoms with Gasteiger partial charge in [0.05, 0.1) is 11.4 Å². The zero-order valence-corrected chi connectivity index (χ0v) is 20.9. The SMILES string of the molecule is O=S(=O)(NC1CCCCCCCCCCC1)c1cn(Cc2ccccc2)nc1-c1cccs1.